The summed E-state index contributed by atoms with van der Waals surface area (Å²) >= 11 is 0. The zero-order chi connectivity index (χ0) is 13.0. The molecule has 1 heterocycles. The van der Waals surface area contributed by atoms with Crippen molar-refractivity contribution in [2.24, 2.45) is 0 Å². The predicted molar refractivity (Wildman–Crippen MR) is 67.3 cm³/mol. The lowest BCUT2D eigenvalue weighted by Crippen LogP contribution is -2.10. The molecule has 0 atom stereocenters. The van der Waals surface area contributed by atoms with Crippen molar-refractivity contribution >= 4 is 0 Å². The van der Waals surface area contributed by atoms with E-state index in [9.17, 15) is 4.79 Å². The molecule has 0 saturated heterocycles. The van der Waals surface area contributed by atoms with Gasteiger partial charge in [0.25, 0.3) is 11.4 Å². The number of methoxy groups -OCH3 is 1. The summed E-state index contributed by atoms with van der Waals surface area (Å²) in [6.07, 6.45) is 2.20. The van der Waals surface area contributed by atoms with Crippen LogP contribution in [0.5, 0.6) is 17.4 Å². The molecule has 0 unspecified atom stereocenters. The molecule has 0 bridgehead atoms. The lowest BCUT2D eigenvalue weighted by molar-refractivity contribution is 0.363. The Kier molecular flexibility index (Phi) is 3.62. The van der Waals surface area contributed by atoms with E-state index in [1.54, 1.807) is 0 Å². The van der Waals surface area contributed by atoms with Gasteiger partial charge < -0.3 is 14.5 Å². The van der Waals surface area contributed by atoms with Crippen LogP contribution >= 0.6 is 0 Å². The molecule has 0 aliphatic carbocycles. The summed E-state index contributed by atoms with van der Waals surface area (Å²) < 4.78 is 10.5. The van der Waals surface area contributed by atoms with Crippen LogP contribution in [0.25, 0.3) is 0 Å². The number of hydrogen-bond acceptors (Lipinski definition) is 4. The Morgan fingerprint density at radius 1 is 1.39 bits per heavy atom. The number of aromatic nitrogens is 2. The molecule has 2 rings (SSSR count). The maximum Gasteiger partial charge on any atom is 0.297 e. The zero-order valence-electron chi connectivity index (χ0n) is 10.3. The number of nitrogens with zero attached hydrogens (tertiary/aromatic N) is 1. The average Bonchev–Trinajstić information content (AvgIpc) is 2.39. The van der Waals surface area contributed by atoms with Crippen molar-refractivity contribution in [3.63, 3.8) is 0 Å². The molecule has 1 aromatic carbocycles. The van der Waals surface area contributed by atoms with E-state index < -0.39 is 0 Å². The van der Waals surface area contributed by atoms with E-state index in [1.807, 2.05) is 24.3 Å². The molecule has 0 spiro atoms. The molecule has 0 aliphatic heterocycles. The topological polar surface area (TPSA) is 64.2 Å². The van der Waals surface area contributed by atoms with E-state index in [1.165, 1.54) is 13.4 Å². The lowest BCUT2D eigenvalue weighted by Gasteiger charge is -2.08. The Morgan fingerprint density at radius 2 is 2.22 bits per heavy atom. The van der Waals surface area contributed by atoms with E-state index in [0.717, 1.165) is 12.0 Å². The first-order chi connectivity index (χ1) is 8.74. The van der Waals surface area contributed by atoms with Gasteiger partial charge in [0.1, 0.15) is 5.75 Å². The SMILES string of the molecule is CCc1cccc(Oc2nc[nH]c(=O)c2OC)c1. The van der Waals surface area contributed by atoms with Gasteiger partial charge in [0.15, 0.2) is 0 Å². The molecule has 0 saturated carbocycles. The highest BCUT2D eigenvalue weighted by molar-refractivity contribution is 5.36. The second-order valence-corrected chi connectivity index (χ2v) is 3.67. The van der Waals surface area contributed by atoms with Gasteiger partial charge >= 0.3 is 0 Å². The van der Waals surface area contributed by atoms with Crippen LogP contribution in [0.15, 0.2) is 35.4 Å². The summed E-state index contributed by atoms with van der Waals surface area (Å²) in [6.45, 7) is 2.06. The number of ether oxygens (including phenoxy) is 2. The van der Waals surface area contributed by atoms with Crippen molar-refractivity contribution in [2.45, 2.75) is 13.3 Å². The molecule has 0 fully saturated rings. The highest BCUT2D eigenvalue weighted by atomic mass is 16.5. The Labute approximate surface area is 104 Å². The maximum absolute atomic E-state index is 11.5. The molecule has 94 valence electrons. The van der Waals surface area contributed by atoms with E-state index in [4.69, 9.17) is 9.47 Å². The Balaban J connectivity index is 2.33. The minimum Gasteiger partial charge on any atom is -0.487 e. The normalized spacial score (nSPS) is 10.1. The highest BCUT2D eigenvalue weighted by Crippen LogP contribution is 2.25. The van der Waals surface area contributed by atoms with Crippen LogP contribution in [0.3, 0.4) is 0 Å². The fraction of sp³-hybridized carbons (Fsp3) is 0.231. The first-order valence-electron chi connectivity index (χ1n) is 5.63. The smallest absolute Gasteiger partial charge is 0.297 e. The molecule has 0 amide bonds. The second-order valence-electron chi connectivity index (χ2n) is 3.67. The zero-order valence-corrected chi connectivity index (χ0v) is 10.3. The van der Waals surface area contributed by atoms with Gasteiger partial charge in [0, 0.05) is 0 Å². The first kappa shape index (κ1) is 12.2. The van der Waals surface area contributed by atoms with Gasteiger partial charge in [-0.2, -0.15) is 0 Å². The van der Waals surface area contributed by atoms with Crippen molar-refractivity contribution in [3.8, 4) is 17.4 Å². The van der Waals surface area contributed by atoms with Crippen molar-refractivity contribution < 1.29 is 9.47 Å². The molecule has 1 N–H and O–H groups in total. The lowest BCUT2D eigenvalue weighted by atomic mass is 10.2. The largest absolute Gasteiger partial charge is 0.487 e. The summed E-state index contributed by atoms with van der Waals surface area (Å²) in [5, 5.41) is 0. The predicted octanol–water partition coefficient (Wildman–Crippen LogP) is 2.13. The van der Waals surface area contributed by atoms with Gasteiger partial charge in [-0.3, -0.25) is 4.79 Å². The maximum atomic E-state index is 11.5. The average molecular weight is 246 g/mol. The van der Waals surface area contributed by atoms with E-state index in [2.05, 4.69) is 16.9 Å². The quantitative estimate of drug-likeness (QED) is 0.897. The number of benzene rings is 1. The van der Waals surface area contributed by atoms with Gasteiger partial charge in [-0.25, -0.2) is 4.98 Å². The minimum absolute atomic E-state index is 0.0689. The molecule has 5 nitrogen and oxygen atoms in total. The summed E-state index contributed by atoms with van der Waals surface area (Å²) in [5.74, 6) is 0.861. The number of hydrogen-bond donors (Lipinski definition) is 1. The standard InChI is InChI=1S/C13H14N2O3/c1-3-9-5-4-6-10(7-9)18-13-11(17-2)12(16)14-8-15-13/h4-8H,3H2,1-2H3,(H,14,15,16). The molecule has 2 aromatic rings. The van der Waals surface area contributed by atoms with Crippen LogP contribution in [-0.4, -0.2) is 17.1 Å². The van der Waals surface area contributed by atoms with Crippen LogP contribution in [0.4, 0.5) is 0 Å². The molecule has 0 radical (unpaired) electrons. The fourth-order valence-electron chi connectivity index (χ4n) is 1.56. The monoisotopic (exact) mass is 246 g/mol. The first-order valence-corrected chi connectivity index (χ1v) is 5.63. The second kappa shape index (κ2) is 5.35. The Hall–Kier alpha value is -2.30. The molecule has 1 aromatic heterocycles. The third kappa shape index (κ3) is 2.51. The van der Waals surface area contributed by atoms with Crippen LogP contribution in [0.1, 0.15) is 12.5 Å². The number of aryl methyl sites for hydroxylation is 1. The van der Waals surface area contributed by atoms with Crippen LogP contribution < -0.4 is 15.0 Å². The van der Waals surface area contributed by atoms with Gasteiger partial charge in [0.05, 0.1) is 13.4 Å². The fourth-order valence-corrected chi connectivity index (χ4v) is 1.56. The van der Waals surface area contributed by atoms with Gasteiger partial charge in [0.2, 0.25) is 5.75 Å². The van der Waals surface area contributed by atoms with Crippen molar-refractivity contribution in [2.75, 3.05) is 7.11 Å². The van der Waals surface area contributed by atoms with Gasteiger partial charge in [-0.1, -0.05) is 19.1 Å². The highest BCUT2D eigenvalue weighted by Gasteiger charge is 2.11. The summed E-state index contributed by atoms with van der Waals surface area (Å²) in [4.78, 5) is 17.9. The van der Waals surface area contributed by atoms with Gasteiger partial charge in [-0.05, 0) is 24.1 Å². The Morgan fingerprint density at radius 3 is 2.94 bits per heavy atom. The number of aromatic amines is 1. The van der Waals surface area contributed by atoms with Crippen LogP contribution in [-0.2, 0) is 6.42 Å². The van der Waals surface area contributed by atoms with Crippen molar-refractivity contribution in [1.29, 1.82) is 0 Å². The van der Waals surface area contributed by atoms with E-state index in [0.29, 0.717) is 5.75 Å². The molecule has 18 heavy (non-hydrogen) atoms. The minimum atomic E-state index is -0.367. The molecule has 0 aliphatic rings. The number of H-pyrrole nitrogens is 1. The van der Waals surface area contributed by atoms with Gasteiger partial charge in [-0.15, -0.1) is 0 Å². The number of nitrogens with one attached hydrogen (secondary N) is 1. The summed E-state index contributed by atoms with van der Waals surface area (Å²) in [6, 6.07) is 7.62. The molecular formula is C13H14N2O3. The van der Waals surface area contributed by atoms with Crippen molar-refractivity contribution in [1.82, 2.24) is 9.97 Å². The van der Waals surface area contributed by atoms with E-state index >= 15 is 0 Å². The Bertz CT molecular complexity index is 593. The summed E-state index contributed by atoms with van der Waals surface area (Å²) in [7, 11) is 1.40. The van der Waals surface area contributed by atoms with E-state index in [-0.39, 0.29) is 17.2 Å². The molecular weight excluding hydrogens is 232 g/mol. The number of rotatable bonds is 4. The van der Waals surface area contributed by atoms with Crippen LogP contribution in [0.2, 0.25) is 0 Å². The van der Waals surface area contributed by atoms with Crippen LogP contribution in [0, 0.1) is 0 Å². The third-order valence-corrected chi connectivity index (χ3v) is 2.50. The summed E-state index contributed by atoms with van der Waals surface area (Å²) in [5.41, 5.74) is 0.783. The molecule has 5 heteroatoms. The third-order valence-electron chi connectivity index (χ3n) is 2.50. The van der Waals surface area contributed by atoms with Crippen molar-refractivity contribution in [3.05, 3.63) is 46.5 Å².